The first kappa shape index (κ1) is 25.7. The highest BCUT2D eigenvalue weighted by Gasteiger charge is 2.20. The highest BCUT2D eigenvalue weighted by molar-refractivity contribution is 4.66. The summed E-state index contributed by atoms with van der Waals surface area (Å²) in [6.45, 7) is 15.9. The Balaban J connectivity index is 3.30. The fourth-order valence-electron chi connectivity index (χ4n) is 4.16. The van der Waals surface area contributed by atoms with E-state index in [1.54, 1.807) is 0 Å². The van der Waals surface area contributed by atoms with Crippen molar-refractivity contribution in [3.8, 4) is 0 Å². The van der Waals surface area contributed by atoms with E-state index >= 15 is 0 Å². The quantitative estimate of drug-likeness (QED) is 0.109. The number of hydrogen-bond donors (Lipinski definition) is 0. The first-order valence-electron chi connectivity index (χ1n) is 12.2. The first-order chi connectivity index (χ1) is 12.7. The Morgan fingerprint density at radius 2 is 0.885 bits per heavy atom. The van der Waals surface area contributed by atoms with Crippen LogP contribution >= 0.6 is 0 Å². The molecule has 0 saturated heterocycles. The zero-order valence-electron chi connectivity index (χ0n) is 18.9. The maximum atomic E-state index is 3.95. The lowest BCUT2D eigenvalue weighted by Gasteiger charge is -2.36. The van der Waals surface area contributed by atoms with E-state index in [0.717, 1.165) is 6.54 Å². The molecule has 0 heterocycles. The molecular weight excluding hydrogens is 314 g/mol. The largest absolute Gasteiger partial charge is 0.321 e. The van der Waals surface area contributed by atoms with Gasteiger partial charge in [-0.25, -0.2) is 0 Å². The second-order valence-corrected chi connectivity index (χ2v) is 8.47. The molecule has 0 fully saturated rings. The van der Waals surface area contributed by atoms with Gasteiger partial charge in [-0.2, -0.15) is 0 Å². The van der Waals surface area contributed by atoms with Crippen LogP contribution in [-0.4, -0.2) is 30.7 Å². The van der Waals surface area contributed by atoms with Crippen molar-refractivity contribution in [3.05, 3.63) is 12.7 Å². The predicted molar refractivity (Wildman–Crippen MR) is 121 cm³/mol. The normalized spacial score (nSPS) is 11.8. The van der Waals surface area contributed by atoms with E-state index in [0.29, 0.717) is 0 Å². The Morgan fingerprint density at radius 3 is 1.19 bits per heavy atom. The fourth-order valence-corrected chi connectivity index (χ4v) is 4.16. The molecule has 0 aliphatic heterocycles. The Labute approximate surface area is 167 Å². The standard InChI is InChI=1S/C25H52N/c1-5-9-10-11-12-13-14-15-16-17-18-19-20-21-22-23-25-26(7-3,8-4)24-6-2/h6H,2,5,7-25H2,1,3-4H3/q+1. The van der Waals surface area contributed by atoms with Crippen molar-refractivity contribution in [3.63, 3.8) is 0 Å². The number of likely N-dealkylation sites (N-methyl/N-ethyl adjacent to an activating group) is 1. The lowest BCUT2D eigenvalue weighted by atomic mass is 10.0. The van der Waals surface area contributed by atoms with Crippen LogP contribution in [0.1, 0.15) is 124 Å². The Bertz CT molecular complexity index is 280. The highest BCUT2D eigenvalue weighted by atomic mass is 15.3. The number of hydrogen-bond acceptors (Lipinski definition) is 0. The molecule has 156 valence electrons. The maximum Gasteiger partial charge on any atom is 0.0970 e. The van der Waals surface area contributed by atoms with Crippen molar-refractivity contribution < 1.29 is 4.48 Å². The molecule has 0 aliphatic rings. The summed E-state index contributed by atoms with van der Waals surface area (Å²) in [6.07, 6.45) is 25.4. The average Bonchev–Trinajstić information content (AvgIpc) is 2.66. The topological polar surface area (TPSA) is 0 Å². The molecule has 0 aromatic carbocycles. The summed E-state index contributed by atoms with van der Waals surface area (Å²) in [7, 11) is 0. The first-order valence-corrected chi connectivity index (χ1v) is 12.2. The Hall–Kier alpha value is -0.300. The third-order valence-electron chi connectivity index (χ3n) is 6.34. The molecule has 26 heavy (non-hydrogen) atoms. The van der Waals surface area contributed by atoms with Crippen LogP contribution in [0.2, 0.25) is 0 Å². The zero-order valence-corrected chi connectivity index (χ0v) is 18.9. The number of nitrogens with zero attached hydrogens (tertiary/aromatic N) is 1. The van der Waals surface area contributed by atoms with E-state index in [1.165, 1.54) is 127 Å². The van der Waals surface area contributed by atoms with E-state index < -0.39 is 0 Å². The van der Waals surface area contributed by atoms with Crippen LogP contribution in [0.4, 0.5) is 0 Å². The van der Waals surface area contributed by atoms with E-state index in [1.807, 2.05) is 0 Å². The molecule has 0 atom stereocenters. The van der Waals surface area contributed by atoms with Crippen molar-refractivity contribution in [2.75, 3.05) is 26.2 Å². The fraction of sp³-hybridized carbons (Fsp3) is 0.920. The second kappa shape index (κ2) is 19.5. The van der Waals surface area contributed by atoms with Crippen molar-refractivity contribution in [1.82, 2.24) is 0 Å². The summed E-state index contributed by atoms with van der Waals surface area (Å²) in [5.74, 6) is 0. The lowest BCUT2D eigenvalue weighted by Crippen LogP contribution is -2.48. The molecule has 1 heteroatoms. The van der Waals surface area contributed by atoms with Crippen LogP contribution in [0.15, 0.2) is 12.7 Å². The van der Waals surface area contributed by atoms with Gasteiger partial charge in [-0.15, -0.1) is 0 Å². The molecule has 0 saturated carbocycles. The molecule has 0 bridgehead atoms. The van der Waals surface area contributed by atoms with E-state index in [-0.39, 0.29) is 0 Å². The van der Waals surface area contributed by atoms with Gasteiger partial charge in [0.2, 0.25) is 0 Å². The van der Waals surface area contributed by atoms with Crippen LogP contribution in [0, 0.1) is 0 Å². The molecular formula is C25H52N+. The smallest absolute Gasteiger partial charge is 0.0970 e. The summed E-state index contributed by atoms with van der Waals surface area (Å²) in [6, 6.07) is 0. The Kier molecular flexibility index (Phi) is 19.2. The van der Waals surface area contributed by atoms with E-state index in [4.69, 9.17) is 0 Å². The van der Waals surface area contributed by atoms with Gasteiger partial charge < -0.3 is 4.48 Å². The van der Waals surface area contributed by atoms with Crippen LogP contribution in [0.3, 0.4) is 0 Å². The number of rotatable bonds is 21. The minimum Gasteiger partial charge on any atom is -0.321 e. The van der Waals surface area contributed by atoms with Crippen molar-refractivity contribution >= 4 is 0 Å². The highest BCUT2D eigenvalue weighted by Crippen LogP contribution is 2.15. The third-order valence-corrected chi connectivity index (χ3v) is 6.34. The van der Waals surface area contributed by atoms with Crippen LogP contribution in [0.25, 0.3) is 0 Å². The molecule has 0 radical (unpaired) electrons. The minimum atomic E-state index is 1.14. The van der Waals surface area contributed by atoms with Gasteiger partial charge >= 0.3 is 0 Å². The number of quaternary nitrogens is 1. The van der Waals surface area contributed by atoms with Crippen molar-refractivity contribution in [2.24, 2.45) is 0 Å². The summed E-state index contributed by atoms with van der Waals surface area (Å²) >= 11 is 0. The van der Waals surface area contributed by atoms with Gasteiger partial charge in [0.15, 0.2) is 0 Å². The maximum absolute atomic E-state index is 3.95. The average molecular weight is 367 g/mol. The minimum absolute atomic E-state index is 1.14. The molecule has 1 nitrogen and oxygen atoms in total. The van der Waals surface area contributed by atoms with Gasteiger partial charge in [-0.05, 0) is 32.8 Å². The monoisotopic (exact) mass is 366 g/mol. The predicted octanol–water partition coefficient (Wildman–Crippen LogP) is 8.29. The second-order valence-electron chi connectivity index (χ2n) is 8.47. The summed E-state index contributed by atoms with van der Waals surface area (Å²) in [5, 5.41) is 0. The van der Waals surface area contributed by atoms with Crippen LogP contribution in [0.5, 0.6) is 0 Å². The molecule has 0 N–H and O–H groups in total. The SMILES string of the molecule is C=CC[N+](CC)(CC)CCCCCCCCCCCCCCCCCC. The van der Waals surface area contributed by atoms with Gasteiger partial charge in [-0.3, -0.25) is 0 Å². The molecule has 0 rings (SSSR count). The van der Waals surface area contributed by atoms with Crippen LogP contribution < -0.4 is 0 Å². The summed E-state index contributed by atoms with van der Waals surface area (Å²) in [4.78, 5) is 0. The molecule has 0 aliphatic carbocycles. The third kappa shape index (κ3) is 14.8. The van der Waals surface area contributed by atoms with E-state index in [2.05, 4.69) is 33.4 Å². The Morgan fingerprint density at radius 1 is 0.538 bits per heavy atom. The lowest BCUT2D eigenvalue weighted by molar-refractivity contribution is -0.919. The van der Waals surface area contributed by atoms with Crippen molar-refractivity contribution in [2.45, 2.75) is 124 Å². The van der Waals surface area contributed by atoms with Crippen molar-refractivity contribution in [1.29, 1.82) is 0 Å². The summed E-state index contributed by atoms with van der Waals surface area (Å²) < 4.78 is 1.24. The van der Waals surface area contributed by atoms with Gasteiger partial charge in [0.1, 0.15) is 0 Å². The summed E-state index contributed by atoms with van der Waals surface area (Å²) in [5.41, 5.74) is 0. The van der Waals surface area contributed by atoms with Gasteiger partial charge in [0, 0.05) is 0 Å². The zero-order chi connectivity index (χ0) is 19.3. The molecule has 0 aromatic heterocycles. The molecule has 0 spiro atoms. The molecule has 0 amide bonds. The molecule has 0 aromatic rings. The molecule has 0 unspecified atom stereocenters. The number of unbranched alkanes of at least 4 members (excludes halogenated alkanes) is 15. The van der Waals surface area contributed by atoms with E-state index in [9.17, 15) is 0 Å². The van der Waals surface area contributed by atoms with Gasteiger partial charge in [-0.1, -0.05) is 103 Å². The van der Waals surface area contributed by atoms with Crippen LogP contribution in [-0.2, 0) is 0 Å². The van der Waals surface area contributed by atoms with Gasteiger partial charge in [0.25, 0.3) is 0 Å². The van der Waals surface area contributed by atoms with Gasteiger partial charge in [0.05, 0.1) is 26.2 Å².